The highest BCUT2D eigenvalue weighted by molar-refractivity contribution is 5.97. The van der Waals surface area contributed by atoms with Gasteiger partial charge in [0.1, 0.15) is 11.5 Å². The summed E-state index contributed by atoms with van der Waals surface area (Å²) in [6.45, 7) is 2.86. The molecule has 0 saturated carbocycles. The lowest BCUT2D eigenvalue weighted by Gasteiger charge is -2.38. The van der Waals surface area contributed by atoms with Crippen LogP contribution in [0, 0.1) is 0 Å². The third-order valence-corrected chi connectivity index (χ3v) is 6.99. The van der Waals surface area contributed by atoms with Crippen LogP contribution in [0.25, 0.3) is 0 Å². The molecule has 3 aliphatic heterocycles. The first kappa shape index (κ1) is 19.2. The Morgan fingerprint density at radius 2 is 1.68 bits per heavy atom. The average molecular weight is 447 g/mol. The molecule has 0 aliphatic carbocycles. The predicted octanol–water partition coefficient (Wildman–Crippen LogP) is 6.33. The maximum absolute atomic E-state index is 13.1. The van der Waals surface area contributed by atoms with Crippen LogP contribution < -0.4 is 15.4 Å². The highest BCUT2D eigenvalue weighted by Gasteiger charge is 2.53. The maximum atomic E-state index is 13.1. The standard InChI is InChI=1S/C29H22N2O3/c1-2-30-19-11-12-22-27(15-19)33-26-14-18-13-17-7-3-6-10-24(17)31-25(18)16-23(26)29(22)21-9-5-4-8-20(21)28(32)34-29/h3-12,14-16,30-31H,2,13H2,1H3. The van der Waals surface area contributed by atoms with Gasteiger partial charge in [-0.25, -0.2) is 4.79 Å². The molecule has 3 heterocycles. The molecule has 1 unspecified atom stereocenters. The molecule has 0 fully saturated rings. The second kappa shape index (κ2) is 6.87. The molecule has 7 rings (SSSR count). The Morgan fingerprint density at radius 1 is 0.853 bits per heavy atom. The van der Waals surface area contributed by atoms with E-state index in [-0.39, 0.29) is 5.97 Å². The topological polar surface area (TPSA) is 59.6 Å². The third-order valence-electron chi connectivity index (χ3n) is 6.99. The zero-order valence-electron chi connectivity index (χ0n) is 18.6. The Bertz CT molecular complexity index is 1510. The fourth-order valence-electron chi connectivity index (χ4n) is 5.48. The molecular formula is C29H22N2O3. The second-order valence-corrected chi connectivity index (χ2v) is 8.92. The van der Waals surface area contributed by atoms with Gasteiger partial charge in [0.25, 0.3) is 0 Å². The molecule has 5 nitrogen and oxygen atoms in total. The van der Waals surface area contributed by atoms with E-state index in [9.17, 15) is 4.79 Å². The van der Waals surface area contributed by atoms with E-state index < -0.39 is 5.60 Å². The van der Waals surface area contributed by atoms with Crippen molar-refractivity contribution in [2.45, 2.75) is 18.9 Å². The van der Waals surface area contributed by atoms with Crippen LogP contribution >= 0.6 is 0 Å². The first-order valence-electron chi connectivity index (χ1n) is 11.6. The van der Waals surface area contributed by atoms with Crippen molar-refractivity contribution < 1.29 is 14.3 Å². The smallest absolute Gasteiger partial charge is 0.340 e. The minimum atomic E-state index is -1.06. The van der Waals surface area contributed by atoms with Gasteiger partial charge in [0.15, 0.2) is 5.60 Å². The quantitative estimate of drug-likeness (QED) is 0.310. The van der Waals surface area contributed by atoms with Crippen LogP contribution in [-0.2, 0) is 16.8 Å². The lowest BCUT2D eigenvalue weighted by atomic mass is 9.76. The van der Waals surface area contributed by atoms with Gasteiger partial charge in [-0.15, -0.1) is 0 Å². The Morgan fingerprint density at radius 3 is 2.59 bits per heavy atom. The summed E-state index contributed by atoms with van der Waals surface area (Å²) in [5.74, 6) is 1.09. The van der Waals surface area contributed by atoms with Gasteiger partial charge in [0, 0.05) is 52.8 Å². The van der Waals surface area contributed by atoms with Crippen molar-refractivity contribution >= 4 is 23.0 Å². The van der Waals surface area contributed by atoms with Crippen LogP contribution in [-0.4, -0.2) is 12.5 Å². The van der Waals surface area contributed by atoms with Gasteiger partial charge >= 0.3 is 5.97 Å². The van der Waals surface area contributed by atoms with E-state index in [1.54, 1.807) is 0 Å². The first-order chi connectivity index (χ1) is 16.7. The number of nitrogens with one attached hydrogen (secondary N) is 2. The van der Waals surface area contributed by atoms with Crippen LogP contribution in [0.2, 0.25) is 0 Å². The number of hydrogen-bond acceptors (Lipinski definition) is 5. The van der Waals surface area contributed by atoms with E-state index in [4.69, 9.17) is 9.47 Å². The third kappa shape index (κ3) is 2.52. The van der Waals surface area contributed by atoms with Crippen LogP contribution in [0.5, 0.6) is 11.5 Å². The molecule has 4 aromatic carbocycles. The highest BCUT2D eigenvalue weighted by Crippen LogP contribution is 2.57. The summed E-state index contributed by atoms with van der Waals surface area (Å²) in [5.41, 5.74) is 7.50. The Balaban J connectivity index is 1.49. The molecule has 3 aliphatic rings. The molecule has 5 heteroatoms. The fraction of sp³-hybridized carbons (Fsp3) is 0.138. The molecule has 0 aromatic heterocycles. The van der Waals surface area contributed by atoms with Crippen LogP contribution in [0.1, 0.15) is 45.1 Å². The summed E-state index contributed by atoms with van der Waals surface area (Å²) in [4.78, 5) is 13.1. The van der Waals surface area contributed by atoms with E-state index in [1.807, 2.05) is 48.5 Å². The molecule has 0 bridgehead atoms. The second-order valence-electron chi connectivity index (χ2n) is 8.92. The van der Waals surface area contributed by atoms with Crippen molar-refractivity contribution in [3.8, 4) is 11.5 Å². The number of esters is 1. The molecule has 0 saturated heterocycles. The normalized spacial score (nSPS) is 18.4. The van der Waals surface area contributed by atoms with E-state index in [2.05, 4.69) is 47.9 Å². The minimum Gasteiger partial charge on any atom is -0.456 e. The first-order valence-corrected chi connectivity index (χ1v) is 11.6. The van der Waals surface area contributed by atoms with Crippen LogP contribution in [0.15, 0.2) is 78.9 Å². The summed E-state index contributed by atoms with van der Waals surface area (Å²) in [5, 5.41) is 6.93. The molecule has 2 N–H and O–H groups in total. The van der Waals surface area contributed by atoms with Crippen molar-refractivity contribution in [1.82, 2.24) is 0 Å². The molecule has 34 heavy (non-hydrogen) atoms. The van der Waals surface area contributed by atoms with E-state index in [1.165, 1.54) is 5.56 Å². The summed E-state index contributed by atoms with van der Waals surface area (Å²) in [7, 11) is 0. The molecular weight excluding hydrogens is 424 g/mol. The number of anilines is 3. The van der Waals surface area contributed by atoms with Crippen LogP contribution in [0.3, 0.4) is 0 Å². The molecule has 1 spiro atoms. The largest absolute Gasteiger partial charge is 0.456 e. The fourth-order valence-corrected chi connectivity index (χ4v) is 5.48. The van der Waals surface area contributed by atoms with Crippen molar-refractivity contribution in [3.05, 3.63) is 112 Å². The lowest BCUT2D eigenvalue weighted by Crippen LogP contribution is -2.33. The predicted molar refractivity (Wildman–Crippen MR) is 131 cm³/mol. The maximum Gasteiger partial charge on any atom is 0.340 e. The number of rotatable bonds is 2. The molecule has 4 aromatic rings. The van der Waals surface area contributed by atoms with Gasteiger partial charge in [-0.3, -0.25) is 0 Å². The molecule has 0 amide bonds. The Hall–Kier alpha value is -4.25. The van der Waals surface area contributed by atoms with Gasteiger partial charge in [-0.05, 0) is 54.4 Å². The Kier molecular flexibility index (Phi) is 3.89. The zero-order valence-corrected chi connectivity index (χ0v) is 18.6. The van der Waals surface area contributed by atoms with Crippen molar-refractivity contribution in [2.75, 3.05) is 17.2 Å². The number of carbonyl (C=O) groups excluding carboxylic acids is 1. The van der Waals surface area contributed by atoms with Crippen molar-refractivity contribution in [2.24, 2.45) is 0 Å². The molecule has 1 atom stereocenters. The minimum absolute atomic E-state index is 0.318. The number of benzene rings is 4. The zero-order chi connectivity index (χ0) is 22.9. The van der Waals surface area contributed by atoms with Crippen molar-refractivity contribution in [3.63, 3.8) is 0 Å². The number of carbonyl (C=O) groups is 1. The summed E-state index contributed by atoms with van der Waals surface area (Å²) in [6.07, 6.45) is 0.808. The van der Waals surface area contributed by atoms with Gasteiger partial charge in [0.05, 0.1) is 5.56 Å². The highest BCUT2D eigenvalue weighted by atomic mass is 16.6. The number of ether oxygens (including phenoxy) is 2. The van der Waals surface area contributed by atoms with Crippen molar-refractivity contribution in [1.29, 1.82) is 0 Å². The molecule has 166 valence electrons. The van der Waals surface area contributed by atoms with E-state index in [0.717, 1.165) is 52.3 Å². The SMILES string of the molecule is CCNc1ccc2c(c1)Oc1cc3c(cc1C21OC(=O)c2ccccc21)Nc1ccccc1C3. The summed E-state index contributed by atoms with van der Waals surface area (Å²) >= 11 is 0. The van der Waals surface area contributed by atoms with Gasteiger partial charge in [-0.2, -0.15) is 0 Å². The number of hydrogen-bond donors (Lipinski definition) is 2. The van der Waals surface area contributed by atoms with Gasteiger partial charge in [-0.1, -0.05) is 36.4 Å². The lowest BCUT2D eigenvalue weighted by molar-refractivity contribution is 0.0224. The van der Waals surface area contributed by atoms with E-state index in [0.29, 0.717) is 17.1 Å². The number of fused-ring (bicyclic) bond motifs is 8. The number of para-hydroxylation sites is 1. The summed E-state index contributed by atoms with van der Waals surface area (Å²) < 4.78 is 12.8. The van der Waals surface area contributed by atoms with E-state index >= 15 is 0 Å². The Labute approximate surface area is 197 Å². The monoisotopic (exact) mass is 446 g/mol. The average Bonchev–Trinajstić information content (AvgIpc) is 3.15. The van der Waals surface area contributed by atoms with Gasteiger partial charge < -0.3 is 20.1 Å². The summed E-state index contributed by atoms with van der Waals surface area (Å²) in [6, 6.07) is 26.2. The van der Waals surface area contributed by atoms with Crippen LogP contribution in [0.4, 0.5) is 17.1 Å². The molecule has 0 radical (unpaired) electrons. The van der Waals surface area contributed by atoms with Gasteiger partial charge in [0.2, 0.25) is 0 Å².